The van der Waals surface area contributed by atoms with Crippen molar-refractivity contribution in [2.75, 3.05) is 19.7 Å². The molecule has 3 N–H and O–H groups in total. The molecule has 0 spiro atoms. The van der Waals surface area contributed by atoms with Gasteiger partial charge in [-0.2, -0.15) is 0 Å². The molecule has 0 aromatic heterocycles. The lowest BCUT2D eigenvalue weighted by atomic mass is 9.95. The Morgan fingerprint density at radius 3 is 2.62 bits per heavy atom. The van der Waals surface area contributed by atoms with Crippen LogP contribution in [0.1, 0.15) is 19.3 Å². The van der Waals surface area contributed by atoms with Crippen molar-refractivity contribution in [3.63, 3.8) is 0 Å². The van der Waals surface area contributed by atoms with Crippen LogP contribution in [-0.4, -0.2) is 25.8 Å². The van der Waals surface area contributed by atoms with Gasteiger partial charge in [-0.3, -0.25) is 0 Å². The number of halogens is 1. The first-order valence-electron chi connectivity index (χ1n) is 4.42. The lowest BCUT2D eigenvalue weighted by molar-refractivity contribution is 0.145. The summed E-state index contributed by atoms with van der Waals surface area (Å²) in [6.07, 6.45) is 2.65. The molecule has 5 heteroatoms. The average Bonchev–Trinajstić information content (AvgIpc) is 2.05. The molecule has 0 aromatic rings. The predicted molar refractivity (Wildman–Crippen MR) is 53.0 cm³/mol. The van der Waals surface area contributed by atoms with E-state index < -0.39 is 6.09 Å². The van der Waals surface area contributed by atoms with Crippen molar-refractivity contribution in [3.8, 4) is 0 Å². The molecule has 0 bridgehead atoms. The van der Waals surface area contributed by atoms with Gasteiger partial charge in [0, 0.05) is 0 Å². The Balaban J connectivity index is 0.00000144. The van der Waals surface area contributed by atoms with Gasteiger partial charge in [-0.15, -0.1) is 12.4 Å². The molecule has 0 aliphatic carbocycles. The van der Waals surface area contributed by atoms with Crippen molar-refractivity contribution in [2.45, 2.75) is 19.3 Å². The Morgan fingerprint density at radius 1 is 1.46 bits per heavy atom. The molecular formula is C8H17ClN2O2. The number of hydrogen-bond acceptors (Lipinski definition) is 3. The Hall–Kier alpha value is -0.480. The van der Waals surface area contributed by atoms with E-state index in [1.807, 2.05) is 0 Å². The van der Waals surface area contributed by atoms with Crippen LogP contribution in [0.4, 0.5) is 4.79 Å². The summed E-state index contributed by atoms with van der Waals surface area (Å²) in [4.78, 5) is 10.2. The predicted octanol–water partition coefficient (Wildman–Crippen LogP) is 0.893. The van der Waals surface area contributed by atoms with E-state index in [1.165, 1.54) is 12.8 Å². The van der Waals surface area contributed by atoms with E-state index >= 15 is 0 Å². The second-order valence-electron chi connectivity index (χ2n) is 3.15. The van der Waals surface area contributed by atoms with Gasteiger partial charge in [-0.1, -0.05) is 0 Å². The summed E-state index contributed by atoms with van der Waals surface area (Å²) >= 11 is 0. The molecule has 4 nitrogen and oxygen atoms in total. The van der Waals surface area contributed by atoms with Gasteiger partial charge < -0.3 is 15.8 Å². The molecule has 1 saturated heterocycles. The van der Waals surface area contributed by atoms with Crippen LogP contribution in [0.25, 0.3) is 0 Å². The maximum absolute atomic E-state index is 10.2. The SMILES string of the molecule is Cl.NC(=O)OCCC1CCNCC1. The molecule has 1 aliphatic heterocycles. The fourth-order valence-electron chi connectivity index (χ4n) is 1.50. The summed E-state index contributed by atoms with van der Waals surface area (Å²) < 4.78 is 4.66. The number of primary amides is 1. The van der Waals surface area contributed by atoms with Crippen molar-refractivity contribution in [1.82, 2.24) is 5.32 Å². The first-order valence-corrected chi connectivity index (χ1v) is 4.42. The molecule has 1 heterocycles. The van der Waals surface area contributed by atoms with E-state index in [9.17, 15) is 4.79 Å². The van der Waals surface area contributed by atoms with E-state index in [2.05, 4.69) is 10.1 Å². The van der Waals surface area contributed by atoms with Gasteiger partial charge in [0.05, 0.1) is 6.61 Å². The second-order valence-corrected chi connectivity index (χ2v) is 3.15. The van der Waals surface area contributed by atoms with E-state index in [0.29, 0.717) is 12.5 Å². The maximum atomic E-state index is 10.2. The molecule has 1 fully saturated rings. The smallest absolute Gasteiger partial charge is 0.404 e. The summed E-state index contributed by atoms with van der Waals surface area (Å²) in [5.41, 5.74) is 4.83. The molecule has 0 radical (unpaired) electrons. The van der Waals surface area contributed by atoms with Crippen LogP contribution in [-0.2, 0) is 4.74 Å². The zero-order valence-electron chi connectivity index (χ0n) is 7.62. The Bertz CT molecular complexity index is 149. The van der Waals surface area contributed by atoms with Crippen LogP contribution < -0.4 is 11.1 Å². The zero-order valence-corrected chi connectivity index (χ0v) is 8.44. The summed E-state index contributed by atoms with van der Waals surface area (Å²) in [6, 6.07) is 0. The highest BCUT2D eigenvalue weighted by Crippen LogP contribution is 2.15. The highest BCUT2D eigenvalue weighted by molar-refractivity contribution is 5.85. The fourth-order valence-corrected chi connectivity index (χ4v) is 1.50. The molecule has 0 unspecified atom stereocenters. The Morgan fingerprint density at radius 2 is 2.08 bits per heavy atom. The number of ether oxygens (including phenoxy) is 1. The quantitative estimate of drug-likeness (QED) is 0.724. The highest BCUT2D eigenvalue weighted by Gasteiger charge is 2.12. The van der Waals surface area contributed by atoms with E-state index in [0.717, 1.165) is 19.5 Å². The van der Waals surface area contributed by atoms with Crippen molar-refractivity contribution in [3.05, 3.63) is 0 Å². The van der Waals surface area contributed by atoms with Gasteiger partial charge in [0.2, 0.25) is 0 Å². The number of hydrogen-bond donors (Lipinski definition) is 2. The third kappa shape index (κ3) is 5.71. The van der Waals surface area contributed by atoms with E-state index in [4.69, 9.17) is 5.73 Å². The number of amides is 1. The van der Waals surface area contributed by atoms with Gasteiger partial charge in [0.15, 0.2) is 0 Å². The minimum Gasteiger partial charge on any atom is -0.450 e. The largest absolute Gasteiger partial charge is 0.450 e. The number of nitrogens with two attached hydrogens (primary N) is 1. The molecule has 1 amide bonds. The lowest BCUT2D eigenvalue weighted by Gasteiger charge is -2.21. The van der Waals surface area contributed by atoms with Crippen LogP contribution in [0.15, 0.2) is 0 Å². The Kier molecular flexibility index (Phi) is 6.72. The molecule has 1 rings (SSSR count). The normalized spacial score (nSPS) is 17.5. The molecule has 0 aromatic carbocycles. The number of piperidine rings is 1. The molecule has 0 atom stereocenters. The van der Waals surface area contributed by atoms with Gasteiger partial charge in [0.25, 0.3) is 0 Å². The summed E-state index contributed by atoms with van der Waals surface area (Å²) in [5, 5.41) is 3.28. The maximum Gasteiger partial charge on any atom is 0.404 e. The third-order valence-corrected chi connectivity index (χ3v) is 2.23. The van der Waals surface area contributed by atoms with Crippen LogP contribution in [0, 0.1) is 5.92 Å². The standard InChI is InChI=1S/C8H16N2O2.ClH/c9-8(11)12-6-3-7-1-4-10-5-2-7;/h7,10H,1-6H2,(H2,9,11);1H. The summed E-state index contributed by atoms with van der Waals surface area (Å²) in [6.45, 7) is 2.64. The van der Waals surface area contributed by atoms with Gasteiger partial charge in [-0.05, 0) is 38.3 Å². The third-order valence-electron chi connectivity index (χ3n) is 2.23. The van der Waals surface area contributed by atoms with Gasteiger partial charge in [0.1, 0.15) is 0 Å². The molecule has 13 heavy (non-hydrogen) atoms. The number of nitrogens with one attached hydrogen (secondary N) is 1. The van der Waals surface area contributed by atoms with E-state index in [-0.39, 0.29) is 12.4 Å². The van der Waals surface area contributed by atoms with Gasteiger partial charge >= 0.3 is 6.09 Å². The Labute approximate surface area is 84.6 Å². The first-order chi connectivity index (χ1) is 5.79. The summed E-state index contributed by atoms with van der Waals surface area (Å²) in [5.74, 6) is 0.700. The van der Waals surface area contributed by atoms with Crippen molar-refractivity contribution < 1.29 is 9.53 Å². The molecule has 0 saturated carbocycles. The van der Waals surface area contributed by atoms with E-state index in [1.54, 1.807) is 0 Å². The highest BCUT2D eigenvalue weighted by atomic mass is 35.5. The lowest BCUT2D eigenvalue weighted by Crippen LogP contribution is -2.28. The average molecular weight is 209 g/mol. The number of rotatable bonds is 3. The van der Waals surface area contributed by atoms with Crippen LogP contribution in [0.5, 0.6) is 0 Å². The van der Waals surface area contributed by atoms with Crippen molar-refractivity contribution in [1.29, 1.82) is 0 Å². The van der Waals surface area contributed by atoms with Gasteiger partial charge in [-0.25, -0.2) is 4.79 Å². The fraction of sp³-hybridized carbons (Fsp3) is 0.875. The topological polar surface area (TPSA) is 64.4 Å². The second kappa shape index (κ2) is 6.97. The minimum atomic E-state index is -0.663. The number of carbonyl (C=O) groups excluding carboxylic acids is 1. The molecule has 1 aliphatic rings. The first kappa shape index (κ1) is 12.5. The van der Waals surface area contributed by atoms with Crippen LogP contribution in [0.2, 0.25) is 0 Å². The monoisotopic (exact) mass is 208 g/mol. The van der Waals surface area contributed by atoms with Crippen molar-refractivity contribution >= 4 is 18.5 Å². The number of carbonyl (C=O) groups is 1. The summed E-state index contributed by atoms with van der Waals surface area (Å²) in [7, 11) is 0. The zero-order chi connectivity index (χ0) is 8.81. The van der Waals surface area contributed by atoms with Crippen LogP contribution in [0.3, 0.4) is 0 Å². The molecular weight excluding hydrogens is 192 g/mol. The van der Waals surface area contributed by atoms with Crippen LogP contribution >= 0.6 is 12.4 Å². The minimum absolute atomic E-state index is 0. The molecule has 78 valence electrons. The van der Waals surface area contributed by atoms with Crippen molar-refractivity contribution in [2.24, 2.45) is 11.7 Å².